The standard InChI is InChI=1S/C12H27N3OSi/c1-11(2,3)17(6,7)16-12(4,5)9-8-10-14-15-13/h8-10H2,1-7H3. The van der Waals surface area contributed by atoms with Gasteiger partial charge in [0.1, 0.15) is 0 Å². The molecule has 0 fully saturated rings. The van der Waals surface area contributed by atoms with Gasteiger partial charge in [-0.25, -0.2) is 0 Å². The van der Waals surface area contributed by atoms with Crippen molar-refractivity contribution in [3.05, 3.63) is 10.4 Å². The first-order chi connectivity index (χ1) is 7.52. The van der Waals surface area contributed by atoms with Gasteiger partial charge in [-0.15, -0.1) is 0 Å². The summed E-state index contributed by atoms with van der Waals surface area (Å²) in [5.41, 5.74) is 8.09. The van der Waals surface area contributed by atoms with Crippen LogP contribution in [0.4, 0.5) is 0 Å². The molecule has 0 aromatic rings. The summed E-state index contributed by atoms with van der Waals surface area (Å²) in [7, 11) is -1.71. The Morgan fingerprint density at radius 2 is 1.71 bits per heavy atom. The summed E-state index contributed by atoms with van der Waals surface area (Å²) >= 11 is 0. The molecule has 0 aliphatic carbocycles. The van der Waals surface area contributed by atoms with Crippen LogP contribution in [0.2, 0.25) is 18.1 Å². The van der Waals surface area contributed by atoms with Gasteiger partial charge in [-0.2, -0.15) is 0 Å². The van der Waals surface area contributed by atoms with Crippen LogP contribution in [0.15, 0.2) is 5.11 Å². The first-order valence-electron chi connectivity index (χ1n) is 6.23. The van der Waals surface area contributed by atoms with Crippen LogP contribution in [-0.2, 0) is 4.43 Å². The maximum atomic E-state index is 8.22. The molecule has 0 aliphatic heterocycles. The lowest BCUT2D eigenvalue weighted by molar-refractivity contribution is 0.0808. The maximum Gasteiger partial charge on any atom is 0.192 e. The first kappa shape index (κ1) is 16.5. The van der Waals surface area contributed by atoms with E-state index in [1.165, 1.54) is 0 Å². The number of hydrogen-bond acceptors (Lipinski definition) is 2. The topological polar surface area (TPSA) is 58.0 Å². The molecule has 4 nitrogen and oxygen atoms in total. The van der Waals surface area contributed by atoms with Gasteiger partial charge in [0.2, 0.25) is 0 Å². The lowest BCUT2D eigenvalue weighted by atomic mass is 10.0. The van der Waals surface area contributed by atoms with Crippen LogP contribution in [0.1, 0.15) is 47.5 Å². The zero-order valence-electron chi connectivity index (χ0n) is 12.4. The molecule has 5 heteroatoms. The average Bonchev–Trinajstić information content (AvgIpc) is 2.09. The summed E-state index contributed by atoms with van der Waals surface area (Å²) in [6, 6.07) is 0. The van der Waals surface area contributed by atoms with Crippen LogP contribution in [-0.4, -0.2) is 20.5 Å². The van der Waals surface area contributed by atoms with Crippen LogP contribution in [0.5, 0.6) is 0 Å². The first-order valence-corrected chi connectivity index (χ1v) is 9.14. The summed E-state index contributed by atoms with van der Waals surface area (Å²) in [5, 5.41) is 3.79. The molecule has 0 heterocycles. The zero-order chi connectivity index (χ0) is 13.7. The van der Waals surface area contributed by atoms with Crippen molar-refractivity contribution in [1.29, 1.82) is 0 Å². The van der Waals surface area contributed by atoms with Crippen LogP contribution in [0.25, 0.3) is 10.4 Å². The highest BCUT2D eigenvalue weighted by molar-refractivity contribution is 6.74. The second kappa shape index (κ2) is 5.89. The molecule has 100 valence electrons. The molecule has 17 heavy (non-hydrogen) atoms. The number of hydrogen-bond donors (Lipinski definition) is 0. The Morgan fingerprint density at radius 1 is 1.18 bits per heavy atom. The monoisotopic (exact) mass is 257 g/mol. The fourth-order valence-corrected chi connectivity index (χ4v) is 3.30. The Kier molecular flexibility index (Phi) is 5.71. The summed E-state index contributed by atoms with van der Waals surface area (Å²) in [6.07, 6.45) is 1.81. The third kappa shape index (κ3) is 6.10. The minimum absolute atomic E-state index is 0.131. The minimum atomic E-state index is -1.71. The van der Waals surface area contributed by atoms with Crippen molar-refractivity contribution in [1.82, 2.24) is 0 Å². The van der Waals surface area contributed by atoms with E-state index >= 15 is 0 Å². The second-order valence-electron chi connectivity index (χ2n) is 6.68. The fraction of sp³-hybridized carbons (Fsp3) is 1.00. The number of nitrogens with zero attached hydrogens (tertiary/aromatic N) is 3. The lowest BCUT2D eigenvalue weighted by Crippen LogP contribution is -2.47. The molecule has 0 spiro atoms. The SMILES string of the molecule is CC(C)(CCCN=[N+]=[N-])O[Si](C)(C)C(C)(C)C. The van der Waals surface area contributed by atoms with Crippen molar-refractivity contribution in [2.24, 2.45) is 5.11 Å². The molecule has 0 radical (unpaired) electrons. The van der Waals surface area contributed by atoms with E-state index in [-0.39, 0.29) is 10.6 Å². The van der Waals surface area contributed by atoms with E-state index in [4.69, 9.17) is 9.96 Å². The van der Waals surface area contributed by atoms with Crippen molar-refractivity contribution in [3.8, 4) is 0 Å². The van der Waals surface area contributed by atoms with Gasteiger partial charge in [0.05, 0.1) is 5.60 Å². The molecule has 0 unspecified atom stereocenters. The van der Waals surface area contributed by atoms with E-state index in [1.807, 2.05) is 0 Å². The van der Waals surface area contributed by atoms with Gasteiger partial charge in [-0.1, -0.05) is 25.9 Å². The largest absolute Gasteiger partial charge is 0.412 e. The van der Waals surface area contributed by atoms with Gasteiger partial charge in [0, 0.05) is 11.5 Å². The van der Waals surface area contributed by atoms with Crippen molar-refractivity contribution in [3.63, 3.8) is 0 Å². The molecule has 0 saturated heterocycles. The molecule has 0 aliphatic rings. The summed E-state index contributed by atoms with van der Waals surface area (Å²) in [4.78, 5) is 2.76. The van der Waals surface area contributed by atoms with Gasteiger partial charge in [0.15, 0.2) is 8.32 Å². The quantitative estimate of drug-likeness (QED) is 0.220. The van der Waals surface area contributed by atoms with E-state index in [9.17, 15) is 0 Å². The van der Waals surface area contributed by atoms with E-state index in [0.717, 1.165) is 12.8 Å². The predicted octanol–water partition coefficient (Wildman–Crippen LogP) is 4.88. The molecular weight excluding hydrogens is 230 g/mol. The second-order valence-corrected chi connectivity index (χ2v) is 11.4. The van der Waals surface area contributed by atoms with Crippen LogP contribution >= 0.6 is 0 Å². The molecule has 0 amide bonds. The summed E-state index contributed by atoms with van der Waals surface area (Å²) < 4.78 is 6.37. The highest BCUT2D eigenvalue weighted by Crippen LogP contribution is 2.39. The van der Waals surface area contributed by atoms with Gasteiger partial charge >= 0.3 is 0 Å². The molecule has 0 aromatic heterocycles. The zero-order valence-corrected chi connectivity index (χ0v) is 13.4. The van der Waals surface area contributed by atoms with E-state index in [2.05, 4.69) is 57.7 Å². The maximum absolute atomic E-state index is 8.22. The van der Waals surface area contributed by atoms with Crippen molar-refractivity contribution in [2.45, 2.75) is 71.2 Å². The number of rotatable bonds is 6. The molecule has 0 bridgehead atoms. The summed E-state index contributed by atoms with van der Waals surface area (Å²) in [5.74, 6) is 0. The van der Waals surface area contributed by atoms with Gasteiger partial charge < -0.3 is 4.43 Å². The van der Waals surface area contributed by atoms with Gasteiger partial charge in [0.25, 0.3) is 0 Å². The number of azide groups is 1. The van der Waals surface area contributed by atoms with E-state index in [1.54, 1.807) is 0 Å². The Balaban J connectivity index is 4.38. The Morgan fingerprint density at radius 3 is 2.12 bits per heavy atom. The highest BCUT2D eigenvalue weighted by atomic mass is 28.4. The summed E-state index contributed by atoms with van der Waals surface area (Å²) in [6.45, 7) is 16.1. The van der Waals surface area contributed by atoms with Crippen LogP contribution in [0.3, 0.4) is 0 Å². The predicted molar refractivity (Wildman–Crippen MR) is 75.6 cm³/mol. The minimum Gasteiger partial charge on any atom is -0.412 e. The molecular formula is C12H27N3OSi. The average molecular weight is 257 g/mol. The van der Waals surface area contributed by atoms with Gasteiger partial charge in [-0.05, 0) is 50.4 Å². The van der Waals surface area contributed by atoms with E-state index < -0.39 is 8.32 Å². The molecule has 0 rings (SSSR count). The van der Waals surface area contributed by atoms with E-state index in [0.29, 0.717) is 6.54 Å². The Bertz CT molecular complexity index is 289. The highest BCUT2D eigenvalue weighted by Gasteiger charge is 2.41. The Labute approximate surface area is 107 Å². The third-order valence-electron chi connectivity index (χ3n) is 3.44. The Hall–Kier alpha value is -0.513. The van der Waals surface area contributed by atoms with Crippen LogP contribution in [0, 0.1) is 0 Å². The fourth-order valence-electron chi connectivity index (χ4n) is 1.52. The molecule has 0 N–H and O–H groups in total. The van der Waals surface area contributed by atoms with Crippen molar-refractivity contribution >= 4 is 8.32 Å². The third-order valence-corrected chi connectivity index (χ3v) is 8.11. The van der Waals surface area contributed by atoms with Crippen molar-refractivity contribution < 1.29 is 4.43 Å². The molecule has 0 atom stereocenters. The van der Waals surface area contributed by atoms with Crippen LogP contribution < -0.4 is 0 Å². The smallest absolute Gasteiger partial charge is 0.192 e. The lowest BCUT2D eigenvalue weighted by Gasteiger charge is -2.43. The molecule has 0 aromatic carbocycles. The van der Waals surface area contributed by atoms with Gasteiger partial charge in [-0.3, -0.25) is 0 Å². The normalized spacial score (nSPS) is 13.4. The van der Waals surface area contributed by atoms with Crippen molar-refractivity contribution in [2.75, 3.05) is 6.54 Å². The molecule has 0 saturated carbocycles.